The summed E-state index contributed by atoms with van der Waals surface area (Å²) in [4.78, 5) is 2.55. The fraction of sp³-hybridized carbons (Fsp3) is 0.750. The Kier molecular flexibility index (Phi) is 3.68. The number of rotatable bonds is 5. The molecule has 1 aliphatic heterocycles. The number of furan rings is 1. The maximum Gasteiger partial charge on any atom is 0.122 e. The van der Waals surface area contributed by atoms with Crippen molar-refractivity contribution in [1.82, 2.24) is 4.90 Å². The Labute approximate surface area is 116 Å². The average molecular weight is 262 g/mol. The van der Waals surface area contributed by atoms with Crippen molar-refractivity contribution in [2.45, 2.75) is 57.5 Å². The van der Waals surface area contributed by atoms with Crippen molar-refractivity contribution in [3.63, 3.8) is 0 Å². The van der Waals surface area contributed by atoms with Crippen LogP contribution in [0.5, 0.6) is 0 Å². The first-order valence-corrected chi connectivity index (χ1v) is 7.80. The summed E-state index contributed by atoms with van der Waals surface area (Å²) in [5.41, 5.74) is 6.03. The van der Waals surface area contributed by atoms with Crippen LogP contribution in [0.3, 0.4) is 0 Å². The van der Waals surface area contributed by atoms with Crippen molar-refractivity contribution >= 4 is 0 Å². The molecule has 1 saturated carbocycles. The molecule has 3 heteroatoms. The third-order valence-electron chi connectivity index (χ3n) is 4.97. The van der Waals surface area contributed by atoms with Gasteiger partial charge in [0, 0.05) is 18.5 Å². The monoisotopic (exact) mass is 262 g/mol. The zero-order valence-electron chi connectivity index (χ0n) is 12.1. The Morgan fingerprint density at radius 1 is 1.47 bits per heavy atom. The molecule has 0 spiro atoms. The van der Waals surface area contributed by atoms with Gasteiger partial charge >= 0.3 is 0 Å². The maximum absolute atomic E-state index is 6.11. The lowest BCUT2D eigenvalue weighted by atomic mass is 10.1. The van der Waals surface area contributed by atoms with Crippen LogP contribution in [0.4, 0.5) is 0 Å². The van der Waals surface area contributed by atoms with Crippen LogP contribution in [0.15, 0.2) is 16.5 Å². The minimum absolute atomic E-state index is 0.273. The lowest BCUT2D eigenvalue weighted by molar-refractivity contribution is 0.159. The minimum Gasteiger partial charge on any atom is -0.464 e. The fourth-order valence-electron chi connectivity index (χ4n) is 3.59. The van der Waals surface area contributed by atoms with Crippen molar-refractivity contribution in [2.75, 3.05) is 13.1 Å². The lowest BCUT2D eigenvalue weighted by Crippen LogP contribution is -2.36. The molecule has 2 N–H and O–H groups in total. The van der Waals surface area contributed by atoms with Gasteiger partial charge in [0.15, 0.2) is 0 Å². The summed E-state index contributed by atoms with van der Waals surface area (Å²) in [7, 11) is 0. The van der Waals surface area contributed by atoms with Crippen LogP contribution in [-0.2, 0) is 0 Å². The molecular formula is C16H26N2O. The van der Waals surface area contributed by atoms with Crippen LogP contribution in [0, 0.1) is 5.92 Å². The van der Waals surface area contributed by atoms with Gasteiger partial charge in [0.2, 0.25) is 0 Å². The second-order valence-electron chi connectivity index (χ2n) is 6.25. The molecule has 3 nitrogen and oxygen atoms in total. The zero-order valence-corrected chi connectivity index (χ0v) is 12.1. The van der Waals surface area contributed by atoms with E-state index in [0.29, 0.717) is 18.5 Å². The zero-order chi connectivity index (χ0) is 13.4. The summed E-state index contributed by atoms with van der Waals surface area (Å²) in [5.74, 6) is 3.71. The first-order valence-electron chi connectivity index (χ1n) is 7.80. The predicted molar refractivity (Wildman–Crippen MR) is 77.0 cm³/mol. The molecule has 2 aliphatic rings. The molecular weight excluding hydrogens is 236 g/mol. The molecule has 0 aromatic carbocycles. The van der Waals surface area contributed by atoms with E-state index in [9.17, 15) is 0 Å². The molecule has 0 radical (unpaired) electrons. The van der Waals surface area contributed by atoms with Gasteiger partial charge in [0.1, 0.15) is 11.5 Å². The molecule has 1 saturated heterocycles. The van der Waals surface area contributed by atoms with Crippen LogP contribution in [0.2, 0.25) is 0 Å². The summed E-state index contributed by atoms with van der Waals surface area (Å²) in [6.07, 6.45) is 5.09. The first kappa shape index (κ1) is 13.2. The van der Waals surface area contributed by atoms with Crippen molar-refractivity contribution in [1.29, 1.82) is 0 Å². The van der Waals surface area contributed by atoms with E-state index in [1.54, 1.807) is 0 Å². The third-order valence-corrected chi connectivity index (χ3v) is 4.97. The van der Waals surface area contributed by atoms with Gasteiger partial charge in [-0.15, -0.1) is 0 Å². The van der Waals surface area contributed by atoms with Gasteiger partial charge < -0.3 is 10.2 Å². The van der Waals surface area contributed by atoms with Gasteiger partial charge in [-0.05, 0) is 50.3 Å². The van der Waals surface area contributed by atoms with Gasteiger partial charge in [0.25, 0.3) is 0 Å². The van der Waals surface area contributed by atoms with Crippen molar-refractivity contribution in [2.24, 2.45) is 11.7 Å². The Bertz CT molecular complexity index is 428. The third kappa shape index (κ3) is 2.46. The molecule has 0 bridgehead atoms. The SMILES string of the molecule is CCC1CCCN1C(CN)c1ccc(C2CC2C)o1. The highest BCUT2D eigenvalue weighted by molar-refractivity contribution is 5.19. The van der Waals surface area contributed by atoms with Crippen molar-refractivity contribution in [3.05, 3.63) is 23.7 Å². The molecule has 19 heavy (non-hydrogen) atoms. The van der Waals surface area contributed by atoms with Crippen LogP contribution in [0.1, 0.15) is 63.0 Å². The second kappa shape index (κ2) is 5.29. The van der Waals surface area contributed by atoms with E-state index in [1.165, 1.54) is 31.4 Å². The number of hydrogen-bond acceptors (Lipinski definition) is 3. The van der Waals surface area contributed by atoms with Crippen LogP contribution >= 0.6 is 0 Å². The van der Waals surface area contributed by atoms with Gasteiger partial charge in [-0.25, -0.2) is 0 Å². The molecule has 4 unspecified atom stereocenters. The molecule has 1 aliphatic carbocycles. The average Bonchev–Trinajstić information content (AvgIpc) is 2.88. The van der Waals surface area contributed by atoms with Crippen LogP contribution in [0.25, 0.3) is 0 Å². The number of likely N-dealkylation sites (tertiary alicyclic amines) is 1. The Hall–Kier alpha value is -0.800. The maximum atomic E-state index is 6.11. The van der Waals surface area contributed by atoms with Crippen molar-refractivity contribution in [3.8, 4) is 0 Å². The van der Waals surface area contributed by atoms with E-state index < -0.39 is 0 Å². The summed E-state index contributed by atoms with van der Waals surface area (Å²) < 4.78 is 6.11. The van der Waals surface area contributed by atoms with Gasteiger partial charge in [-0.2, -0.15) is 0 Å². The van der Waals surface area contributed by atoms with Gasteiger partial charge in [0.05, 0.1) is 6.04 Å². The first-order chi connectivity index (χ1) is 9.24. The Morgan fingerprint density at radius 2 is 2.26 bits per heavy atom. The van der Waals surface area contributed by atoms with Crippen LogP contribution < -0.4 is 5.73 Å². The van der Waals surface area contributed by atoms with Crippen LogP contribution in [-0.4, -0.2) is 24.0 Å². The van der Waals surface area contributed by atoms with E-state index in [2.05, 4.69) is 30.9 Å². The normalized spacial score (nSPS) is 32.7. The highest BCUT2D eigenvalue weighted by Gasteiger charge is 2.38. The van der Waals surface area contributed by atoms with E-state index in [0.717, 1.165) is 18.2 Å². The number of hydrogen-bond donors (Lipinski definition) is 1. The molecule has 2 heterocycles. The summed E-state index contributed by atoms with van der Waals surface area (Å²) in [6.45, 7) is 6.39. The van der Waals surface area contributed by atoms with E-state index >= 15 is 0 Å². The fourth-order valence-corrected chi connectivity index (χ4v) is 3.59. The number of nitrogens with two attached hydrogens (primary N) is 1. The molecule has 1 aromatic rings. The second-order valence-corrected chi connectivity index (χ2v) is 6.25. The van der Waals surface area contributed by atoms with E-state index in [-0.39, 0.29) is 6.04 Å². The summed E-state index contributed by atoms with van der Waals surface area (Å²) in [5, 5.41) is 0. The highest BCUT2D eigenvalue weighted by Crippen LogP contribution is 2.48. The predicted octanol–water partition coefficient (Wildman–Crippen LogP) is 3.28. The topological polar surface area (TPSA) is 42.4 Å². The lowest BCUT2D eigenvalue weighted by Gasteiger charge is -2.30. The molecule has 106 valence electrons. The highest BCUT2D eigenvalue weighted by atomic mass is 16.3. The quantitative estimate of drug-likeness (QED) is 0.885. The largest absolute Gasteiger partial charge is 0.464 e. The smallest absolute Gasteiger partial charge is 0.122 e. The van der Waals surface area contributed by atoms with Crippen molar-refractivity contribution < 1.29 is 4.42 Å². The minimum atomic E-state index is 0.273. The Morgan fingerprint density at radius 3 is 2.89 bits per heavy atom. The van der Waals surface area contributed by atoms with Gasteiger partial charge in [-0.1, -0.05) is 13.8 Å². The standard InChI is InChI=1S/C16H26N2O/c1-3-12-5-4-8-18(12)14(10-17)16-7-6-15(19-16)13-9-11(13)2/h6-7,11-14H,3-5,8-10,17H2,1-2H3. The van der Waals surface area contributed by atoms with E-state index in [1.807, 2.05) is 0 Å². The number of nitrogens with zero attached hydrogens (tertiary/aromatic N) is 1. The summed E-state index contributed by atoms with van der Waals surface area (Å²) >= 11 is 0. The van der Waals surface area contributed by atoms with E-state index in [4.69, 9.17) is 10.2 Å². The summed E-state index contributed by atoms with van der Waals surface area (Å²) in [6, 6.07) is 5.28. The molecule has 2 fully saturated rings. The molecule has 3 rings (SSSR count). The van der Waals surface area contributed by atoms with Gasteiger partial charge in [-0.3, -0.25) is 4.90 Å². The molecule has 4 atom stereocenters. The Balaban J connectivity index is 1.76. The molecule has 0 amide bonds. The molecule has 1 aromatic heterocycles.